The van der Waals surface area contributed by atoms with Crippen molar-refractivity contribution in [2.24, 2.45) is 0 Å². The number of pyridine rings is 1. The molecule has 0 N–H and O–H groups in total. The highest BCUT2D eigenvalue weighted by atomic mass is 15.0. The molecule has 1 aromatic heterocycles. The summed E-state index contributed by atoms with van der Waals surface area (Å²) in [5, 5.41) is 0. The third kappa shape index (κ3) is 2.62. The number of aryl methyl sites for hydroxylation is 1. The van der Waals surface area contributed by atoms with Gasteiger partial charge in [0.15, 0.2) is 0 Å². The molecular formula is C10H16N2. The van der Waals surface area contributed by atoms with E-state index in [1.807, 2.05) is 12.3 Å². The highest BCUT2D eigenvalue weighted by Gasteiger charge is 1.97. The van der Waals surface area contributed by atoms with Crippen LogP contribution in [0.25, 0.3) is 0 Å². The SMILES string of the molecule is Cc1ncccc1CCN(C)C. The molecule has 0 radical (unpaired) electrons. The van der Waals surface area contributed by atoms with Crippen molar-refractivity contribution in [3.63, 3.8) is 0 Å². The predicted octanol–water partition coefficient (Wildman–Crippen LogP) is 1.49. The minimum absolute atomic E-state index is 1.09. The standard InChI is InChI=1S/C10H16N2/c1-9-10(5-4-7-11-9)6-8-12(2)3/h4-5,7H,6,8H2,1-3H3. The van der Waals surface area contributed by atoms with Gasteiger partial charge in [-0.1, -0.05) is 6.07 Å². The first kappa shape index (κ1) is 9.20. The van der Waals surface area contributed by atoms with E-state index >= 15 is 0 Å². The number of aromatic nitrogens is 1. The summed E-state index contributed by atoms with van der Waals surface area (Å²) in [6.45, 7) is 3.15. The normalized spacial score (nSPS) is 10.7. The number of rotatable bonds is 3. The van der Waals surface area contributed by atoms with Gasteiger partial charge in [-0.25, -0.2) is 0 Å². The molecule has 0 spiro atoms. The topological polar surface area (TPSA) is 16.1 Å². The summed E-state index contributed by atoms with van der Waals surface area (Å²) in [5.41, 5.74) is 2.51. The Kier molecular flexibility index (Phi) is 3.23. The predicted molar refractivity (Wildman–Crippen MR) is 51.2 cm³/mol. The fourth-order valence-electron chi connectivity index (χ4n) is 1.13. The number of hydrogen-bond donors (Lipinski definition) is 0. The molecule has 2 heteroatoms. The van der Waals surface area contributed by atoms with Crippen molar-refractivity contribution in [1.82, 2.24) is 9.88 Å². The second kappa shape index (κ2) is 4.21. The van der Waals surface area contributed by atoms with E-state index in [4.69, 9.17) is 0 Å². The van der Waals surface area contributed by atoms with Crippen LogP contribution >= 0.6 is 0 Å². The summed E-state index contributed by atoms with van der Waals surface area (Å²) in [6, 6.07) is 4.14. The number of nitrogens with zero attached hydrogens (tertiary/aromatic N) is 2. The summed E-state index contributed by atoms with van der Waals surface area (Å²) in [7, 11) is 4.18. The summed E-state index contributed by atoms with van der Waals surface area (Å²) in [5.74, 6) is 0. The fraction of sp³-hybridized carbons (Fsp3) is 0.500. The first-order valence-electron chi connectivity index (χ1n) is 4.25. The smallest absolute Gasteiger partial charge is 0.0405 e. The summed E-state index contributed by atoms with van der Waals surface area (Å²) < 4.78 is 0. The van der Waals surface area contributed by atoms with Crippen molar-refractivity contribution in [2.45, 2.75) is 13.3 Å². The molecule has 0 aliphatic heterocycles. The Morgan fingerprint density at radius 3 is 2.75 bits per heavy atom. The molecule has 0 fully saturated rings. The molecule has 1 heterocycles. The molecular weight excluding hydrogens is 148 g/mol. The Morgan fingerprint density at radius 1 is 1.42 bits per heavy atom. The number of likely N-dealkylation sites (N-methyl/N-ethyl adjacent to an activating group) is 1. The van der Waals surface area contributed by atoms with Gasteiger partial charge in [0.05, 0.1) is 0 Å². The van der Waals surface area contributed by atoms with Gasteiger partial charge < -0.3 is 4.90 Å². The van der Waals surface area contributed by atoms with E-state index in [2.05, 4.69) is 37.0 Å². The van der Waals surface area contributed by atoms with Gasteiger partial charge in [-0.05, 0) is 39.1 Å². The lowest BCUT2D eigenvalue weighted by Gasteiger charge is -2.09. The van der Waals surface area contributed by atoms with Crippen molar-refractivity contribution >= 4 is 0 Å². The highest BCUT2D eigenvalue weighted by Crippen LogP contribution is 2.04. The average molecular weight is 164 g/mol. The van der Waals surface area contributed by atoms with Crippen LogP contribution in [0.15, 0.2) is 18.3 Å². The molecule has 0 bridgehead atoms. The van der Waals surface area contributed by atoms with E-state index in [1.165, 1.54) is 5.56 Å². The zero-order chi connectivity index (χ0) is 8.97. The van der Waals surface area contributed by atoms with Gasteiger partial charge in [-0.3, -0.25) is 4.98 Å². The van der Waals surface area contributed by atoms with E-state index in [-0.39, 0.29) is 0 Å². The zero-order valence-electron chi connectivity index (χ0n) is 8.04. The van der Waals surface area contributed by atoms with E-state index in [0.29, 0.717) is 0 Å². The van der Waals surface area contributed by atoms with Crippen LogP contribution in [0, 0.1) is 6.92 Å². The minimum atomic E-state index is 1.09. The van der Waals surface area contributed by atoms with Crippen molar-refractivity contribution < 1.29 is 0 Å². The minimum Gasteiger partial charge on any atom is -0.309 e. The van der Waals surface area contributed by atoms with Crippen LogP contribution < -0.4 is 0 Å². The lowest BCUT2D eigenvalue weighted by molar-refractivity contribution is 0.413. The van der Waals surface area contributed by atoms with E-state index < -0.39 is 0 Å². The molecule has 0 saturated heterocycles. The largest absolute Gasteiger partial charge is 0.309 e. The van der Waals surface area contributed by atoms with E-state index in [0.717, 1.165) is 18.7 Å². The summed E-state index contributed by atoms with van der Waals surface area (Å²) in [6.07, 6.45) is 2.93. The molecule has 0 saturated carbocycles. The van der Waals surface area contributed by atoms with Crippen LogP contribution in [0.3, 0.4) is 0 Å². The van der Waals surface area contributed by atoms with Gasteiger partial charge in [0.2, 0.25) is 0 Å². The van der Waals surface area contributed by atoms with E-state index in [1.54, 1.807) is 0 Å². The maximum absolute atomic E-state index is 4.24. The van der Waals surface area contributed by atoms with Crippen LogP contribution in [-0.4, -0.2) is 30.5 Å². The first-order valence-corrected chi connectivity index (χ1v) is 4.25. The molecule has 2 nitrogen and oxygen atoms in total. The molecule has 0 aliphatic rings. The quantitative estimate of drug-likeness (QED) is 0.673. The van der Waals surface area contributed by atoms with Gasteiger partial charge in [0, 0.05) is 18.4 Å². The van der Waals surface area contributed by atoms with Crippen molar-refractivity contribution in [3.05, 3.63) is 29.6 Å². The van der Waals surface area contributed by atoms with Gasteiger partial charge in [0.25, 0.3) is 0 Å². The second-order valence-corrected chi connectivity index (χ2v) is 3.30. The summed E-state index contributed by atoms with van der Waals surface area (Å²) in [4.78, 5) is 6.43. The second-order valence-electron chi connectivity index (χ2n) is 3.30. The molecule has 0 unspecified atom stereocenters. The van der Waals surface area contributed by atoms with Gasteiger partial charge in [-0.15, -0.1) is 0 Å². The van der Waals surface area contributed by atoms with Gasteiger partial charge >= 0.3 is 0 Å². The monoisotopic (exact) mass is 164 g/mol. The molecule has 66 valence electrons. The third-order valence-electron chi connectivity index (χ3n) is 1.94. The van der Waals surface area contributed by atoms with Crippen molar-refractivity contribution in [3.8, 4) is 0 Å². The Morgan fingerprint density at radius 2 is 2.17 bits per heavy atom. The Labute approximate surface area is 74.2 Å². The Hall–Kier alpha value is -0.890. The molecule has 1 aromatic rings. The fourth-order valence-corrected chi connectivity index (χ4v) is 1.13. The number of hydrogen-bond acceptors (Lipinski definition) is 2. The Balaban J connectivity index is 2.57. The maximum Gasteiger partial charge on any atom is 0.0405 e. The lowest BCUT2D eigenvalue weighted by Crippen LogP contribution is -2.15. The van der Waals surface area contributed by atoms with Gasteiger partial charge in [0.1, 0.15) is 0 Å². The molecule has 0 atom stereocenters. The third-order valence-corrected chi connectivity index (χ3v) is 1.94. The molecule has 12 heavy (non-hydrogen) atoms. The van der Waals surface area contributed by atoms with Crippen LogP contribution in [0.5, 0.6) is 0 Å². The van der Waals surface area contributed by atoms with Crippen molar-refractivity contribution in [1.29, 1.82) is 0 Å². The highest BCUT2D eigenvalue weighted by molar-refractivity contribution is 5.18. The zero-order valence-corrected chi connectivity index (χ0v) is 8.04. The summed E-state index contributed by atoms with van der Waals surface area (Å²) >= 11 is 0. The molecule has 1 rings (SSSR count). The van der Waals surface area contributed by atoms with Gasteiger partial charge in [-0.2, -0.15) is 0 Å². The Bertz CT molecular complexity index is 243. The van der Waals surface area contributed by atoms with Crippen LogP contribution in [-0.2, 0) is 6.42 Å². The van der Waals surface area contributed by atoms with Crippen LogP contribution in [0.1, 0.15) is 11.3 Å². The van der Waals surface area contributed by atoms with Crippen LogP contribution in [0.4, 0.5) is 0 Å². The maximum atomic E-state index is 4.24. The van der Waals surface area contributed by atoms with Crippen LogP contribution in [0.2, 0.25) is 0 Å². The molecule has 0 amide bonds. The lowest BCUT2D eigenvalue weighted by atomic mass is 10.1. The molecule has 0 aliphatic carbocycles. The molecule has 0 aromatic carbocycles. The van der Waals surface area contributed by atoms with E-state index in [9.17, 15) is 0 Å². The average Bonchev–Trinajstić information content (AvgIpc) is 2.03. The first-order chi connectivity index (χ1) is 5.70. The van der Waals surface area contributed by atoms with Crippen molar-refractivity contribution in [2.75, 3.05) is 20.6 Å².